The molecule has 1 rings (SSSR count). The van der Waals surface area contributed by atoms with Crippen LogP contribution in [-0.2, 0) is 0 Å². The normalized spacial score (nSPS) is 13.9. The summed E-state index contributed by atoms with van der Waals surface area (Å²) in [7, 11) is 0. The summed E-state index contributed by atoms with van der Waals surface area (Å²) in [5, 5.41) is 0. The Hall–Kier alpha value is -1.00. The molecule has 3 N–H and O–H groups in total. The number of nitrogens with two attached hydrogens (primary N) is 1. The van der Waals surface area contributed by atoms with Gasteiger partial charge in [0.15, 0.2) is 0 Å². The van der Waals surface area contributed by atoms with Gasteiger partial charge in [0.2, 0.25) is 0 Å². The van der Waals surface area contributed by atoms with Gasteiger partial charge in [-0.15, -0.1) is 0 Å². The van der Waals surface area contributed by atoms with Gasteiger partial charge in [0.1, 0.15) is 11.6 Å². The Labute approximate surface area is 94.8 Å². The molecule has 16 heavy (non-hydrogen) atoms. The van der Waals surface area contributed by atoms with Crippen molar-refractivity contribution in [1.82, 2.24) is 5.43 Å². The van der Waals surface area contributed by atoms with Crippen LogP contribution in [-0.4, -0.2) is 0 Å². The Morgan fingerprint density at radius 2 is 2.00 bits per heavy atom. The van der Waals surface area contributed by atoms with Crippen molar-refractivity contribution in [2.24, 2.45) is 11.3 Å². The molecule has 0 bridgehead atoms. The summed E-state index contributed by atoms with van der Waals surface area (Å²) in [5.74, 6) is 4.32. The number of benzene rings is 1. The quantitative estimate of drug-likeness (QED) is 0.614. The van der Waals surface area contributed by atoms with E-state index in [0.29, 0.717) is 5.56 Å². The van der Waals surface area contributed by atoms with E-state index in [1.165, 1.54) is 12.1 Å². The van der Waals surface area contributed by atoms with Crippen LogP contribution in [0.1, 0.15) is 38.8 Å². The topological polar surface area (TPSA) is 38.0 Å². The van der Waals surface area contributed by atoms with E-state index in [-0.39, 0.29) is 11.5 Å². The minimum atomic E-state index is -0.577. The Morgan fingerprint density at radius 1 is 1.38 bits per heavy atom. The maximum atomic E-state index is 13.6. The van der Waals surface area contributed by atoms with E-state index in [4.69, 9.17) is 5.84 Å². The van der Waals surface area contributed by atoms with Gasteiger partial charge < -0.3 is 0 Å². The van der Waals surface area contributed by atoms with Crippen molar-refractivity contribution >= 4 is 0 Å². The average molecular weight is 228 g/mol. The minimum absolute atomic E-state index is 0.201. The van der Waals surface area contributed by atoms with E-state index in [2.05, 4.69) is 5.43 Å². The standard InChI is InChI=1S/C12H18F2N2/c1-4-12(2,3)11(16-15)9-6-5-8(13)7-10(9)14/h5-7,11,16H,4,15H2,1-3H3. The van der Waals surface area contributed by atoms with E-state index in [0.717, 1.165) is 12.5 Å². The summed E-state index contributed by atoms with van der Waals surface area (Å²) in [5.41, 5.74) is 2.81. The lowest BCUT2D eigenvalue weighted by atomic mass is 9.78. The van der Waals surface area contributed by atoms with Crippen molar-refractivity contribution < 1.29 is 8.78 Å². The fourth-order valence-corrected chi connectivity index (χ4v) is 1.68. The third-order valence-corrected chi connectivity index (χ3v) is 3.13. The Kier molecular flexibility index (Phi) is 3.99. The highest BCUT2D eigenvalue weighted by molar-refractivity contribution is 5.23. The third kappa shape index (κ3) is 2.57. The second-order valence-electron chi connectivity index (χ2n) is 4.61. The molecule has 1 aromatic rings. The summed E-state index contributed by atoms with van der Waals surface area (Å²) < 4.78 is 26.4. The van der Waals surface area contributed by atoms with E-state index < -0.39 is 11.6 Å². The smallest absolute Gasteiger partial charge is 0.130 e. The molecule has 0 saturated carbocycles. The summed E-state index contributed by atoms with van der Waals surface area (Å²) >= 11 is 0. The van der Waals surface area contributed by atoms with E-state index in [1.807, 2.05) is 20.8 Å². The van der Waals surface area contributed by atoms with Crippen molar-refractivity contribution in [2.75, 3.05) is 0 Å². The van der Waals surface area contributed by atoms with Gasteiger partial charge in [-0.05, 0) is 17.9 Å². The summed E-state index contributed by atoms with van der Waals surface area (Å²) in [4.78, 5) is 0. The molecule has 0 heterocycles. The van der Waals surface area contributed by atoms with Crippen LogP contribution in [0.5, 0.6) is 0 Å². The molecule has 4 heteroatoms. The lowest BCUT2D eigenvalue weighted by molar-refractivity contribution is 0.231. The number of nitrogens with one attached hydrogen (secondary N) is 1. The van der Waals surface area contributed by atoms with Crippen molar-refractivity contribution in [3.63, 3.8) is 0 Å². The van der Waals surface area contributed by atoms with Crippen LogP contribution in [0.15, 0.2) is 18.2 Å². The van der Waals surface area contributed by atoms with Crippen molar-refractivity contribution in [1.29, 1.82) is 0 Å². The Bertz CT molecular complexity index is 364. The first-order valence-corrected chi connectivity index (χ1v) is 5.33. The largest absolute Gasteiger partial charge is 0.271 e. The molecule has 0 aromatic heterocycles. The van der Waals surface area contributed by atoms with Crippen LogP contribution in [0, 0.1) is 17.0 Å². The van der Waals surface area contributed by atoms with Crippen LogP contribution in [0.4, 0.5) is 8.78 Å². The summed E-state index contributed by atoms with van der Waals surface area (Å²) in [6.45, 7) is 5.98. The van der Waals surface area contributed by atoms with Crippen LogP contribution in [0.2, 0.25) is 0 Å². The zero-order valence-electron chi connectivity index (χ0n) is 9.85. The molecule has 90 valence electrons. The molecule has 0 spiro atoms. The second-order valence-corrected chi connectivity index (χ2v) is 4.61. The molecule has 0 fully saturated rings. The molecule has 1 atom stereocenters. The Morgan fingerprint density at radius 3 is 2.44 bits per heavy atom. The highest BCUT2D eigenvalue weighted by atomic mass is 19.1. The molecule has 0 aliphatic heterocycles. The molecule has 0 amide bonds. The van der Waals surface area contributed by atoms with Gasteiger partial charge in [-0.2, -0.15) is 0 Å². The summed E-state index contributed by atoms with van der Waals surface area (Å²) in [6.07, 6.45) is 0.832. The number of halogens is 2. The van der Waals surface area contributed by atoms with Gasteiger partial charge in [0.05, 0.1) is 6.04 Å². The van der Waals surface area contributed by atoms with E-state index >= 15 is 0 Å². The summed E-state index contributed by atoms with van der Waals surface area (Å²) in [6, 6.07) is 3.23. The first-order chi connectivity index (χ1) is 7.42. The fraction of sp³-hybridized carbons (Fsp3) is 0.500. The van der Waals surface area contributed by atoms with Gasteiger partial charge in [-0.3, -0.25) is 11.3 Å². The predicted octanol–water partition coefficient (Wildman–Crippen LogP) is 2.91. The van der Waals surface area contributed by atoms with Gasteiger partial charge in [0.25, 0.3) is 0 Å². The lowest BCUT2D eigenvalue weighted by Crippen LogP contribution is -2.38. The maximum Gasteiger partial charge on any atom is 0.130 e. The number of hydrogen-bond donors (Lipinski definition) is 2. The highest BCUT2D eigenvalue weighted by Gasteiger charge is 2.30. The Balaban J connectivity index is 3.14. The molecule has 0 aliphatic carbocycles. The first-order valence-electron chi connectivity index (χ1n) is 5.33. The molecule has 0 aliphatic rings. The van der Waals surface area contributed by atoms with Gasteiger partial charge >= 0.3 is 0 Å². The molecular weight excluding hydrogens is 210 g/mol. The van der Waals surface area contributed by atoms with E-state index in [9.17, 15) is 8.78 Å². The van der Waals surface area contributed by atoms with Crippen molar-refractivity contribution in [3.05, 3.63) is 35.4 Å². The number of hydrogen-bond acceptors (Lipinski definition) is 2. The van der Waals surface area contributed by atoms with Gasteiger partial charge in [-0.1, -0.05) is 26.8 Å². The van der Waals surface area contributed by atoms with Crippen LogP contribution in [0.25, 0.3) is 0 Å². The average Bonchev–Trinajstić information content (AvgIpc) is 2.22. The highest BCUT2D eigenvalue weighted by Crippen LogP contribution is 2.36. The van der Waals surface area contributed by atoms with Crippen LogP contribution >= 0.6 is 0 Å². The monoisotopic (exact) mass is 228 g/mol. The lowest BCUT2D eigenvalue weighted by Gasteiger charge is -2.33. The molecule has 1 aromatic carbocycles. The number of rotatable bonds is 4. The molecule has 0 saturated heterocycles. The third-order valence-electron chi connectivity index (χ3n) is 3.13. The first kappa shape index (κ1) is 13.1. The zero-order valence-corrected chi connectivity index (χ0v) is 9.85. The molecule has 0 radical (unpaired) electrons. The van der Waals surface area contributed by atoms with Crippen LogP contribution < -0.4 is 11.3 Å². The fourth-order valence-electron chi connectivity index (χ4n) is 1.68. The molecular formula is C12H18F2N2. The minimum Gasteiger partial charge on any atom is -0.271 e. The van der Waals surface area contributed by atoms with Crippen molar-refractivity contribution in [2.45, 2.75) is 33.2 Å². The second kappa shape index (κ2) is 4.89. The predicted molar refractivity (Wildman–Crippen MR) is 60.5 cm³/mol. The zero-order chi connectivity index (χ0) is 12.3. The number of hydrazine groups is 1. The molecule has 1 unspecified atom stereocenters. The SMILES string of the molecule is CCC(C)(C)C(NN)c1ccc(F)cc1F. The van der Waals surface area contributed by atoms with Crippen molar-refractivity contribution in [3.8, 4) is 0 Å². The molecule has 2 nitrogen and oxygen atoms in total. The van der Waals surface area contributed by atoms with Gasteiger partial charge in [-0.25, -0.2) is 8.78 Å². The van der Waals surface area contributed by atoms with Gasteiger partial charge in [0, 0.05) is 11.6 Å². The van der Waals surface area contributed by atoms with E-state index in [1.54, 1.807) is 0 Å². The van der Waals surface area contributed by atoms with Crippen LogP contribution in [0.3, 0.4) is 0 Å². The maximum absolute atomic E-state index is 13.6.